The quantitative estimate of drug-likeness (QED) is 0.620. The Morgan fingerprint density at radius 1 is 1.03 bits per heavy atom. The van der Waals surface area contributed by atoms with Crippen molar-refractivity contribution in [3.8, 4) is 0 Å². The first-order chi connectivity index (χ1) is 14.5. The van der Waals surface area contributed by atoms with Crippen molar-refractivity contribution in [1.82, 2.24) is 25.2 Å². The zero-order chi connectivity index (χ0) is 21.3. The van der Waals surface area contributed by atoms with Crippen molar-refractivity contribution in [2.45, 2.75) is 26.4 Å². The predicted octanol–water partition coefficient (Wildman–Crippen LogP) is 2.67. The van der Waals surface area contributed by atoms with E-state index < -0.39 is 0 Å². The Hall–Kier alpha value is -3.68. The van der Waals surface area contributed by atoms with E-state index in [2.05, 4.69) is 20.3 Å². The molecule has 8 heteroatoms. The van der Waals surface area contributed by atoms with Gasteiger partial charge in [0.15, 0.2) is 0 Å². The van der Waals surface area contributed by atoms with Crippen LogP contribution in [0.3, 0.4) is 0 Å². The molecule has 0 fully saturated rings. The summed E-state index contributed by atoms with van der Waals surface area (Å²) in [7, 11) is 0. The Morgan fingerprint density at radius 3 is 2.50 bits per heavy atom. The topological polar surface area (TPSA) is 88.1 Å². The third-order valence-electron chi connectivity index (χ3n) is 4.38. The molecule has 0 saturated heterocycles. The van der Waals surface area contributed by atoms with E-state index in [1.807, 2.05) is 12.1 Å². The molecule has 2 heterocycles. The summed E-state index contributed by atoms with van der Waals surface area (Å²) in [5.74, 6) is -0.896. The molecule has 0 saturated carbocycles. The number of benzene rings is 1. The molecule has 0 atom stereocenters. The molecule has 0 spiro atoms. The number of hydrogen-bond donors (Lipinski definition) is 1. The molecule has 3 aromatic rings. The van der Waals surface area contributed by atoms with Crippen LogP contribution in [-0.2, 0) is 17.9 Å². The van der Waals surface area contributed by atoms with Crippen LogP contribution in [0.5, 0.6) is 0 Å². The maximum Gasteiger partial charge on any atom is 0.274 e. The van der Waals surface area contributed by atoms with E-state index in [1.165, 1.54) is 29.4 Å². The van der Waals surface area contributed by atoms with Crippen LogP contribution in [0.4, 0.5) is 4.39 Å². The van der Waals surface area contributed by atoms with Crippen LogP contribution in [0.25, 0.3) is 0 Å². The molecule has 3 rings (SSSR count). The maximum atomic E-state index is 13.2. The largest absolute Gasteiger partial charge is 0.350 e. The lowest BCUT2D eigenvalue weighted by Gasteiger charge is -2.22. The van der Waals surface area contributed by atoms with E-state index in [9.17, 15) is 14.0 Å². The van der Waals surface area contributed by atoms with Gasteiger partial charge in [-0.3, -0.25) is 19.6 Å². The fourth-order valence-electron chi connectivity index (χ4n) is 2.74. The number of carbonyl (C=O) groups is 2. The summed E-state index contributed by atoms with van der Waals surface area (Å²) in [5.41, 5.74) is 2.39. The van der Waals surface area contributed by atoms with E-state index in [0.29, 0.717) is 12.2 Å². The van der Waals surface area contributed by atoms with Crippen LogP contribution >= 0.6 is 0 Å². The van der Waals surface area contributed by atoms with E-state index in [4.69, 9.17) is 0 Å². The molecule has 0 aliphatic heterocycles. The minimum absolute atomic E-state index is 0.110. The normalized spacial score (nSPS) is 10.5. The Labute approximate surface area is 174 Å². The molecule has 30 heavy (non-hydrogen) atoms. The van der Waals surface area contributed by atoms with Gasteiger partial charge in [0.1, 0.15) is 11.5 Å². The third kappa shape index (κ3) is 6.16. The highest BCUT2D eigenvalue weighted by molar-refractivity contribution is 5.92. The second-order valence-electron chi connectivity index (χ2n) is 6.74. The Kier molecular flexibility index (Phi) is 7.15. The summed E-state index contributed by atoms with van der Waals surface area (Å²) < 4.78 is 13.2. The molecule has 0 unspecified atom stereocenters. The average Bonchev–Trinajstić information content (AvgIpc) is 2.77. The maximum absolute atomic E-state index is 13.2. The number of carbonyl (C=O) groups excluding carboxylic acids is 2. The van der Waals surface area contributed by atoms with Gasteiger partial charge < -0.3 is 10.2 Å². The molecule has 7 nitrogen and oxygen atoms in total. The summed E-state index contributed by atoms with van der Waals surface area (Å²) in [6.07, 6.45) is 4.70. The summed E-state index contributed by atoms with van der Waals surface area (Å²) in [6, 6.07) is 11.4. The zero-order valence-electron chi connectivity index (χ0n) is 16.6. The Bertz CT molecular complexity index is 979. The molecule has 0 aliphatic rings. The van der Waals surface area contributed by atoms with Gasteiger partial charge in [0.2, 0.25) is 5.91 Å². The minimum atomic E-state index is -0.352. The third-order valence-corrected chi connectivity index (χ3v) is 4.38. The van der Waals surface area contributed by atoms with Gasteiger partial charge in [0.25, 0.3) is 5.91 Å². The second kappa shape index (κ2) is 10.2. The molecule has 154 valence electrons. The lowest BCUT2D eigenvalue weighted by Crippen LogP contribution is -2.35. The standard InChI is InChI=1S/C22H22FN5O2/c1-16-12-26-20(14-25-16)22(30)28(15-17-5-7-18(23)8-6-17)11-9-21(29)27-13-19-4-2-3-10-24-19/h2-8,10,12,14H,9,11,13,15H2,1H3,(H,27,29). The number of amides is 2. The fraction of sp³-hybridized carbons (Fsp3) is 0.227. The van der Waals surface area contributed by atoms with Crippen LogP contribution in [0.1, 0.15) is 33.9 Å². The highest BCUT2D eigenvalue weighted by atomic mass is 19.1. The highest BCUT2D eigenvalue weighted by Crippen LogP contribution is 2.11. The van der Waals surface area contributed by atoms with Gasteiger partial charge in [-0.2, -0.15) is 0 Å². The molecule has 2 aromatic heterocycles. The average molecular weight is 407 g/mol. The first-order valence-corrected chi connectivity index (χ1v) is 9.50. The van der Waals surface area contributed by atoms with E-state index >= 15 is 0 Å². The Morgan fingerprint density at radius 2 is 1.83 bits per heavy atom. The molecule has 0 aliphatic carbocycles. The number of halogens is 1. The number of hydrogen-bond acceptors (Lipinski definition) is 5. The van der Waals surface area contributed by atoms with E-state index in [1.54, 1.807) is 31.3 Å². The van der Waals surface area contributed by atoms with Crippen molar-refractivity contribution >= 4 is 11.8 Å². The molecule has 1 aromatic carbocycles. The SMILES string of the molecule is Cc1cnc(C(=O)N(CCC(=O)NCc2ccccn2)Cc2ccc(F)cc2)cn1. The number of aromatic nitrogens is 3. The van der Waals surface area contributed by atoms with Crippen LogP contribution in [0.2, 0.25) is 0 Å². The monoisotopic (exact) mass is 407 g/mol. The number of nitrogens with one attached hydrogen (secondary N) is 1. The Balaban J connectivity index is 1.65. The molecule has 1 N–H and O–H groups in total. The van der Waals surface area contributed by atoms with Crippen LogP contribution in [-0.4, -0.2) is 38.2 Å². The first kappa shape index (κ1) is 21.0. The predicted molar refractivity (Wildman–Crippen MR) is 109 cm³/mol. The lowest BCUT2D eigenvalue weighted by atomic mass is 10.2. The van der Waals surface area contributed by atoms with Crippen molar-refractivity contribution in [3.05, 3.63) is 89.5 Å². The van der Waals surface area contributed by atoms with Crippen LogP contribution in [0.15, 0.2) is 61.1 Å². The first-order valence-electron chi connectivity index (χ1n) is 9.50. The number of rotatable bonds is 8. The molecular formula is C22H22FN5O2. The van der Waals surface area contributed by atoms with Crippen molar-refractivity contribution in [2.24, 2.45) is 0 Å². The van der Waals surface area contributed by atoms with E-state index in [0.717, 1.165) is 11.3 Å². The second-order valence-corrected chi connectivity index (χ2v) is 6.74. The molecule has 0 bridgehead atoms. The summed E-state index contributed by atoms with van der Waals surface area (Å²) in [4.78, 5) is 39.1. The van der Waals surface area contributed by atoms with Crippen molar-refractivity contribution in [2.75, 3.05) is 6.54 Å². The highest BCUT2D eigenvalue weighted by Gasteiger charge is 2.19. The van der Waals surface area contributed by atoms with Gasteiger partial charge in [-0.15, -0.1) is 0 Å². The van der Waals surface area contributed by atoms with Gasteiger partial charge in [-0.25, -0.2) is 9.37 Å². The lowest BCUT2D eigenvalue weighted by molar-refractivity contribution is -0.121. The summed E-state index contributed by atoms with van der Waals surface area (Å²) >= 11 is 0. The summed E-state index contributed by atoms with van der Waals surface area (Å²) in [5, 5.41) is 2.79. The van der Waals surface area contributed by atoms with Crippen molar-refractivity contribution < 1.29 is 14.0 Å². The molecule has 0 radical (unpaired) electrons. The van der Waals surface area contributed by atoms with Gasteiger partial charge in [-0.1, -0.05) is 18.2 Å². The number of pyridine rings is 1. The smallest absolute Gasteiger partial charge is 0.274 e. The van der Waals surface area contributed by atoms with Crippen molar-refractivity contribution in [3.63, 3.8) is 0 Å². The van der Waals surface area contributed by atoms with Gasteiger partial charge >= 0.3 is 0 Å². The molecular weight excluding hydrogens is 385 g/mol. The van der Waals surface area contributed by atoms with Crippen LogP contribution < -0.4 is 5.32 Å². The van der Waals surface area contributed by atoms with E-state index in [-0.39, 0.29) is 42.8 Å². The number of nitrogens with zero attached hydrogens (tertiary/aromatic N) is 4. The summed E-state index contributed by atoms with van der Waals surface area (Å²) in [6.45, 7) is 2.50. The molecule has 2 amide bonds. The number of aryl methyl sites for hydroxylation is 1. The van der Waals surface area contributed by atoms with Gasteiger partial charge in [0.05, 0.1) is 24.1 Å². The fourth-order valence-corrected chi connectivity index (χ4v) is 2.74. The zero-order valence-corrected chi connectivity index (χ0v) is 16.6. The minimum Gasteiger partial charge on any atom is -0.350 e. The van der Waals surface area contributed by atoms with Crippen LogP contribution in [0, 0.1) is 12.7 Å². The van der Waals surface area contributed by atoms with Crippen molar-refractivity contribution in [1.29, 1.82) is 0 Å². The van der Waals surface area contributed by atoms with Gasteiger partial charge in [0, 0.05) is 31.9 Å². The van der Waals surface area contributed by atoms with Gasteiger partial charge in [-0.05, 0) is 36.8 Å².